The van der Waals surface area contributed by atoms with Gasteiger partial charge in [0.15, 0.2) is 0 Å². The number of unbranched alkanes of at least 4 members (excludes halogenated alkanes) is 2. The highest BCUT2D eigenvalue weighted by molar-refractivity contribution is 7.93. The molecule has 0 spiro atoms. The van der Waals surface area contributed by atoms with Gasteiger partial charge in [0.25, 0.3) is 20.0 Å². The van der Waals surface area contributed by atoms with Crippen molar-refractivity contribution in [3.63, 3.8) is 0 Å². The van der Waals surface area contributed by atoms with Gasteiger partial charge in [-0.15, -0.1) is 0 Å². The van der Waals surface area contributed by atoms with Gasteiger partial charge in [-0.05, 0) is 121 Å². The van der Waals surface area contributed by atoms with Crippen LogP contribution in [-0.2, 0) is 45.7 Å². The predicted molar refractivity (Wildman–Crippen MR) is 277 cm³/mol. The van der Waals surface area contributed by atoms with Gasteiger partial charge in [-0.25, -0.2) is 26.4 Å². The van der Waals surface area contributed by atoms with Gasteiger partial charge in [-0.3, -0.25) is 8.61 Å². The van der Waals surface area contributed by atoms with Gasteiger partial charge in [-0.2, -0.15) is 0 Å². The van der Waals surface area contributed by atoms with Crippen LogP contribution >= 0.6 is 0 Å². The van der Waals surface area contributed by atoms with Gasteiger partial charge < -0.3 is 19.7 Å². The number of aromatic carboxylic acids is 2. The first-order valence-corrected chi connectivity index (χ1v) is 26.2. The number of hydrogen-bond acceptors (Lipinski definition) is 8. The number of anilines is 2. The number of carbonyl (C=O) groups is 2. The highest BCUT2D eigenvalue weighted by Crippen LogP contribution is 2.36. The number of nitrogens with zero attached hydrogens (tertiary/aromatic N) is 2. The highest BCUT2D eigenvalue weighted by Gasteiger charge is 2.31. The number of methoxy groups -OCH3 is 2. The lowest BCUT2D eigenvalue weighted by Crippen LogP contribution is -2.33. The van der Waals surface area contributed by atoms with Crippen molar-refractivity contribution in [2.24, 2.45) is 0 Å². The van der Waals surface area contributed by atoms with E-state index in [2.05, 4.69) is 6.92 Å². The van der Waals surface area contributed by atoms with Crippen molar-refractivity contribution in [2.75, 3.05) is 35.9 Å². The standard InChI is InChI=1S/C29H29NO4S.C27H31NO6S/c1-2-3-21-30(35(33,34)28-14-8-11-23-9-4-6-12-26(23)28)27-13-7-5-10-24(27)18-15-22-16-19-25(20-17-22)29(31)32;1-4-5-18-28(35(31,32)26-19-23(33-2)16-17-25(26)34-3)24-9-7-6-8-21(24)13-10-20-11-14-22(15-12-20)27(29)30/h4-14,16-17,19-20H,2-3,15,18,21H2,1H3,(H,31,32);6-9,11-12,14-17,19H,4-5,10,13,18H2,1-3H3,(H,29,30). The van der Waals surface area contributed by atoms with Gasteiger partial charge in [0, 0.05) is 24.5 Å². The van der Waals surface area contributed by atoms with E-state index < -0.39 is 32.0 Å². The number of para-hydroxylation sites is 2. The number of ether oxygens (including phenoxy) is 2. The lowest BCUT2D eigenvalue weighted by atomic mass is 10.0. The molecular formula is C56H60N2O10S2. The number of sulfonamides is 2. The molecule has 2 N–H and O–H groups in total. The first-order chi connectivity index (χ1) is 33.7. The Bertz CT molecular complexity index is 3100. The Morgan fingerprint density at radius 3 is 1.43 bits per heavy atom. The van der Waals surface area contributed by atoms with Crippen LogP contribution in [0.15, 0.2) is 168 Å². The first-order valence-electron chi connectivity index (χ1n) is 23.3. The SMILES string of the molecule is CCCCN(c1ccccc1CCc1ccc(C(=O)O)cc1)S(=O)(=O)c1cc(OC)ccc1OC.CCCCN(c1ccccc1CCc1ccc(C(=O)O)cc1)S(=O)(=O)c1cccc2ccccc12. The number of carboxylic acids is 2. The summed E-state index contributed by atoms with van der Waals surface area (Å²) in [6.07, 6.45) is 5.69. The van der Waals surface area contributed by atoms with Crippen molar-refractivity contribution < 1.29 is 46.1 Å². The van der Waals surface area contributed by atoms with E-state index in [1.165, 1.54) is 24.6 Å². The second-order valence-corrected chi connectivity index (χ2v) is 20.3. The van der Waals surface area contributed by atoms with Crippen molar-refractivity contribution >= 4 is 54.1 Å². The van der Waals surface area contributed by atoms with Gasteiger partial charge in [0.2, 0.25) is 0 Å². The van der Waals surface area contributed by atoms with E-state index in [1.54, 1.807) is 65.0 Å². The average Bonchev–Trinajstić information content (AvgIpc) is 3.38. The minimum atomic E-state index is -3.96. The van der Waals surface area contributed by atoms with E-state index in [9.17, 15) is 26.4 Å². The molecule has 0 aromatic heterocycles. The Labute approximate surface area is 411 Å². The van der Waals surface area contributed by atoms with E-state index in [4.69, 9.17) is 19.7 Å². The number of carboxylic acid groups (broad SMARTS) is 2. The minimum absolute atomic E-state index is 0.0505. The molecule has 0 aliphatic rings. The second-order valence-electron chi connectivity index (χ2n) is 16.6. The molecule has 0 fully saturated rings. The quantitative estimate of drug-likeness (QED) is 0.0667. The molecule has 0 aliphatic carbocycles. The number of hydrogen-bond donors (Lipinski definition) is 2. The van der Waals surface area contributed by atoms with Gasteiger partial charge in [-0.1, -0.05) is 124 Å². The molecule has 366 valence electrons. The third-order valence-electron chi connectivity index (χ3n) is 12.0. The second kappa shape index (κ2) is 24.4. The van der Waals surface area contributed by atoms with E-state index in [0.29, 0.717) is 72.6 Å². The van der Waals surface area contributed by atoms with E-state index >= 15 is 0 Å². The van der Waals surface area contributed by atoms with E-state index in [0.717, 1.165) is 46.9 Å². The summed E-state index contributed by atoms with van der Waals surface area (Å²) in [5, 5.41) is 19.8. The number of fused-ring (bicyclic) bond motifs is 1. The molecule has 70 heavy (non-hydrogen) atoms. The summed E-state index contributed by atoms with van der Waals surface area (Å²) < 4.78 is 69.7. The van der Waals surface area contributed by atoms with E-state index in [1.807, 2.05) is 97.9 Å². The highest BCUT2D eigenvalue weighted by atomic mass is 32.2. The van der Waals surface area contributed by atoms with Crippen LogP contribution in [0.5, 0.6) is 11.5 Å². The number of aryl methyl sites for hydroxylation is 4. The average molecular weight is 985 g/mol. The summed E-state index contributed by atoms with van der Waals surface area (Å²) in [6.45, 7) is 4.79. The van der Waals surface area contributed by atoms with Gasteiger partial charge in [0.05, 0.1) is 41.6 Å². The van der Waals surface area contributed by atoms with Crippen molar-refractivity contribution in [1.82, 2.24) is 0 Å². The van der Waals surface area contributed by atoms with Crippen LogP contribution in [0.4, 0.5) is 11.4 Å². The maximum atomic E-state index is 14.1. The van der Waals surface area contributed by atoms with Crippen LogP contribution in [-0.4, -0.2) is 66.3 Å². The third kappa shape index (κ3) is 12.7. The maximum Gasteiger partial charge on any atom is 0.335 e. The fraction of sp³-hybridized carbons (Fsp3) is 0.250. The maximum absolute atomic E-state index is 14.1. The zero-order valence-electron chi connectivity index (χ0n) is 40.0. The zero-order chi connectivity index (χ0) is 50.3. The molecule has 7 aromatic rings. The van der Waals surface area contributed by atoms with E-state index in [-0.39, 0.29) is 21.8 Å². The molecular weight excluding hydrogens is 925 g/mol. The number of rotatable bonds is 22. The zero-order valence-corrected chi connectivity index (χ0v) is 41.6. The first kappa shape index (κ1) is 52.2. The molecule has 0 bridgehead atoms. The van der Waals surface area contributed by atoms with Crippen LogP contribution in [0.3, 0.4) is 0 Å². The molecule has 0 saturated heterocycles. The predicted octanol–water partition coefficient (Wildman–Crippen LogP) is 11.5. The van der Waals surface area contributed by atoms with Crippen LogP contribution in [0.25, 0.3) is 10.8 Å². The number of benzene rings is 7. The van der Waals surface area contributed by atoms with Gasteiger partial charge in [0.1, 0.15) is 16.4 Å². The van der Waals surface area contributed by atoms with Gasteiger partial charge >= 0.3 is 11.9 Å². The largest absolute Gasteiger partial charge is 0.497 e. The summed E-state index contributed by atoms with van der Waals surface area (Å²) in [5.74, 6) is -1.24. The summed E-state index contributed by atoms with van der Waals surface area (Å²) in [7, 11) is -4.83. The normalized spacial score (nSPS) is 11.3. The molecule has 7 aromatic carbocycles. The van der Waals surface area contributed by atoms with Crippen molar-refractivity contribution in [2.45, 2.75) is 75.0 Å². The molecule has 0 saturated carbocycles. The van der Waals surface area contributed by atoms with Crippen molar-refractivity contribution in [3.05, 3.63) is 191 Å². The molecule has 0 unspecified atom stereocenters. The molecule has 12 nitrogen and oxygen atoms in total. The van der Waals surface area contributed by atoms with Crippen LogP contribution < -0.4 is 18.1 Å². The lowest BCUT2D eigenvalue weighted by Gasteiger charge is -2.27. The Kier molecular flexibility index (Phi) is 18.2. The smallest absolute Gasteiger partial charge is 0.335 e. The fourth-order valence-electron chi connectivity index (χ4n) is 8.10. The molecule has 7 rings (SSSR count). The van der Waals surface area contributed by atoms with Crippen LogP contribution in [0.1, 0.15) is 82.5 Å². The summed E-state index contributed by atoms with van der Waals surface area (Å²) in [6, 6.07) is 46.4. The molecule has 0 amide bonds. The Balaban J connectivity index is 0.000000230. The molecule has 0 atom stereocenters. The molecule has 0 radical (unpaired) electrons. The monoisotopic (exact) mass is 984 g/mol. The van der Waals surface area contributed by atoms with Crippen LogP contribution in [0, 0.1) is 0 Å². The third-order valence-corrected chi connectivity index (χ3v) is 15.7. The molecule has 0 heterocycles. The summed E-state index contributed by atoms with van der Waals surface area (Å²) in [5.41, 5.74) is 5.60. The topological polar surface area (TPSA) is 168 Å². The molecule has 14 heteroatoms. The lowest BCUT2D eigenvalue weighted by molar-refractivity contribution is 0.0686. The Morgan fingerprint density at radius 1 is 0.500 bits per heavy atom. The van der Waals surface area contributed by atoms with Crippen molar-refractivity contribution in [1.29, 1.82) is 0 Å². The minimum Gasteiger partial charge on any atom is -0.497 e. The summed E-state index contributed by atoms with van der Waals surface area (Å²) in [4.78, 5) is 22.6. The fourth-order valence-corrected chi connectivity index (χ4v) is 11.6. The molecule has 0 aliphatic heterocycles. The summed E-state index contributed by atoms with van der Waals surface area (Å²) >= 11 is 0. The van der Waals surface area contributed by atoms with Crippen LogP contribution in [0.2, 0.25) is 0 Å². The Hall–Kier alpha value is -7.16. The Morgan fingerprint density at radius 2 is 0.957 bits per heavy atom. The van der Waals surface area contributed by atoms with Crippen molar-refractivity contribution in [3.8, 4) is 11.5 Å².